The first-order valence-electron chi connectivity index (χ1n) is 6.53. The molecule has 2 aromatic rings. The van der Waals surface area contributed by atoms with Gasteiger partial charge < -0.3 is 10.6 Å². The number of hydrogen-bond donors (Lipinski definition) is 2. The molecule has 0 bridgehead atoms. The molecule has 0 aliphatic heterocycles. The summed E-state index contributed by atoms with van der Waals surface area (Å²) in [6.45, 7) is 2.65. The minimum absolute atomic E-state index is 0.205. The van der Waals surface area contributed by atoms with Crippen molar-refractivity contribution in [1.82, 2.24) is 15.3 Å². The van der Waals surface area contributed by atoms with Crippen molar-refractivity contribution in [1.29, 1.82) is 0 Å². The molecule has 2 N–H and O–H groups in total. The average Bonchev–Trinajstić information content (AvgIpc) is 2.49. The molecule has 1 aromatic heterocycles. The Morgan fingerprint density at radius 2 is 2.05 bits per heavy atom. The first-order chi connectivity index (χ1) is 9.70. The number of carbonyl (C=O) groups is 1. The molecule has 1 aromatic carbocycles. The summed E-state index contributed by atoms with van der Waals surface area (Å²) in [5.41, 5.74) is 2.79. The largest absolute Gasteiger partial charge is 0.372 e. The van der Waals surface area contributed by atoms with Crippen LogP contribution in [0.5, 0.6) is 0 Å². The molecule has 1 amide bonds. The third-order valence-electron chi connectivity index (χ3n) is 3.06. The van der Waals surface area contributed by atoms with Crippen molar-refractivity contribution in [2.45, 2.75) is 13.3 Å². The molecule has 0 radical (unpaired) electrons. The van der Waals surface area contributed by atoms with Crippen LogP contribution in [-0.2, 0) is 6.42 Å². The van der Waals surface area contributed by atoms with Crippen molar-refractivity contribution in [2.75, 3.05) is 18.9 Å². The third kappa shape index (κ3) is 3.54. The van der Waals surface area contributed by atoms with E-state index < -0.39 is 0 Å². The lowest BCUT2D eigenvalue weighted by Gasteiger charge is -2.07. The Hall–Kier alpha value is -2.43. The predicted molar refractivity (Wildman–Crippen MR) is 78.8 cm³/mol. The summed E-state index contributed by atoms with van der Waals surface area (Å²) < 4.78 is 0. The first kappa shape index (κ1) is 14.0. The number of aromatic nitrogens is 2. The van der Waals surface area contributed by atoms with Crippen LogP contribution < -0.4 is 10.6 Å². The summed E-state index contributed by atoms with van der Waals surface area (Å²) in [4.78, 5) is 20.1. The minimum atomic E-state index is -0.205. The van der Waals surface area contributed by atoms with E-state index in [4.69, 9.17) is 0 Å². The van der Waals surface area contributed by atoms with Crippen molar-refractivity contribution < 1.29 is 4.79 Å². The molecule has 5 nitrogen and oxygen atoms in total. The average molecular weight is 270 g/mol. The van der Waals surface area contributed by atoms with Gasteiger partial charge in [-0.25, -0.2) is 4.98 Å². The lowest BCUT2D eigenvalue weighted by atomic mass is 10.1. The number of anilines is 1. The fraction of sp³-hybridized carbons (Fsp3) is 0.267. The SMILES string of the molecule is CNc1cncc(C(=O)NCCc2ccccc2C)n1. The molecule has 1 heterocycles. The summed E-state index contributed by atoms with van der Waals surface area (Å²) in [5.74, 6) is 0.375. The molecular formula is C15H18N4O. The molecule has 0 fully saturated rings. The van der Waals surface area contributed by atoms with Gasteiger partial charge in [0.05, 0.1) is 12.4 Å². The second-order valence-electron chi connectivity index (χ2n) is 4.47. The van der Waals surface area contributed by atoms with Crippen molar-refractivity contribution in [2.24, 2.45) is 0 Å². The van der Waals surface area contributed by atoms with E-state index >= 15 is 0 Å². The number of carbonyl (C=O) groups excluding carboxylic acids is 1. The highest BCUT2D eigenvalue weighted by atomic mass is 16.1. The third-order valence-corrected chi connectivity index (χ3v) is 3.06. The highest BCUT2D eigenvalue weighted by molar-refractivity contribution is 5.92. The van der Waals surface area contributed by atoms with Gasteiger partial charge in [-0.2, -0.15) is 0 Å². The van der Waals surface area contributed by atoms with E-state index in [0.29, 0.717) is 18.1 Å². The van der Waals surface area contributed by atoms with Crippen LogP contribution in [0.3, 0.4) is 0 Å². The van der Waals surface area contributed by atoms with Crippen LogP contribution in [-0.4, -0.2) is 29.5 Å². The molecule has 104 valence electrons. The Morgan fingerprint density at radius 3 is 2.80 bits per heavy atom. The molecule has 20 heavy (non-hydrogen) atoms. The lowest BCUT2D eigenvalue weighted by Crippen LogP contribution is -2.27. The summed E-state index contributed by atoms with van der Waals surface area (Å²) in [5, 5.41) is 5.71. The maximum Gasteiger partial charge on any atom is 0.271 e. The van der Waals surface area contributed by atoms with Crippen LogP contribution >= 0.6 is 0 Å². The lowest BCUT2D eigenvalue weighted by molar-refractivity contribution is 0.0949. The van der Waals surface area contributed by atoms with Gasteiger partial charge in [0.25, 0.3) is 5.91 Å². The van der Waals surface area contributed by atoms with Gasteiger partial charge in [0.2, 0.25) is 0 Å². The molecule has 0 aliphatic rings. The number of nitrogens with zero attached hydrogens (tertiary/aromatic N) is 2. The minimum Gasteiger partial charge on any atom is -0.372 e. The van der Waals surface area contributed by atoms with Crippen LogP contribution in [0, 0.1) is 6.92 Å². The molecule has 0 saturated carbocycles. The molecule has 0 aliphatic carbocycles. The van der Waals surface area contributed by atoms with Gasteiger partial charge in [-0.15, -0.1) is 0 Å². The van der Waals surface area contributed by atoms with Gasteiger partial charge in [0, 0.05) is 13.6 Å². The molecule has 2 rings (SSSR count). The van der Waals surface area contributed by atoms with E-state index in [0.717, 1.165) is 6.42 Å². The normalized spacial score (nSPS) is 10.1. The number of aryl methyl sites for hydroxylation is 1. The zero-order valence-corrected chi connectivity index (χ0v) is 11.7. The zero-order valence-electron chi connectivity index (χ0n) is 11.7. The number of amides is 1. The van der Waals surface area contributed by atoms with E-state index in [2.05, 4.69) is 39.7 Å². The van der Waals surface area contributed by atoms with Crippen LogP contribution in [0.25, 0.3) is 0 Å². The molecule has 0 unspecified atom stereocenters. The molecule has 0 saturated heterocycles. The molecule has 0 spiro atoms. The van der Waals surface area contributed by atoms with E-state index in [9.17, 15) is 4.79 Å². The summed E-state index contributed by atoms with van der Waals surface area (Å²) in [7, 11) is 1.74. The van der Waals surface area contributed by atoms with Crippen LogP contribution in [0.1, 0.15) is 21.6 Å². The Bertz CT molecular complexity index is 598. The Balaban J connectivity index is 1.91. The van der Waals surface area contributed by atoms with Gasteiger partial charge in [-0.1, -0.05) is 24.3 Å². The fourth-order valence-electron chi connectivity index (χ4n) is 1.89. The predicted octanol–water partition coefficient (Wildman–Crippen LogP) is 1.80. The maximum absolute atomic E-state index is 11.9. The number of benzene rings is 1. The second-order valence-corrected chi connectivity index (χ2v) is 4.47. The van der Waals surface area contributed by atoms with Gasteiger partial charge >= 0.3 is 0 Å². The Labute approximate surface area is 118 Å². The van der Waals surface area contributed by atoms with E-state index in [1.165, 1.54) is 17.3 Å². The smallest absolute Gasteiger partial charge is 0.271 e. The molecule has 0 atom stereocenters. The van der Waals surface area contributed by atoms with Gasteiger partial charge in [-0.3, -0.25) is 9.78 Å². The molecular weight excluding hydrogens is 252 g/mol. The second kappa shape index (κ2) is 6.65. The van der Waals surface area contributed by atoms with Crippen LogP contribution in [0.15, 0.2) is 36.7 Å². The summed E-state index contributed by atoms with van der Waals surface area (Å²) in [6, 6.07) is 8.16. The highest BCUT2D eigenvalue weighted by Gasteiger charge is 2.08. The van der Waals surface area contributed by atoms with Gasteiger partial charge in [-0.05, 0) is 24.5 Å². The number of nitrogens with one attached hydrogen (secondary N) is 2. The highest BCUT2D eigenvalue weighted by Crippen LogP contribution is 2.07. The van der Waals surface area contributed by atoms with E-state index in [-0.39, 0.29) is 5.91 Å². The van der Waals surface area contributed by atoms with Crippen molar-refractivity contribution >= 4 is 11.7 Å². The van der Waals surface area contributed by atoms with Gasteiger partial charge in [0.15, 0.2) is 0 Å². The Morgan fingerprint density at radius 1 is 1.25 bits per heavy atom. The topological polar surface area (TPSA) is 66.9 Å². The Kier molecular flexibility index (Phi) is 4.65. The number of hydrogen-bond acceptors (Lipinski definition) is 4. The van der Waals surface area contributed by atoms with Crippen molar-refractivity contribution in [3.05, 3.63) is 53.5 Å². The fourth-order valence-corrected chi connectivity index (χ4v) is 1.89. The molecule has 5 heteroatoms. The quantitative estimate of drug-likeness (QED) is 0.869. The summed E-state index contributed by atoms with van der Waals surface area (Å²) >= 11 is 0. The number of rotatable bonds is 5. The van der Waals surface area contributed by atoms with Crippen LogP contribution in [0.4, 0.5) is 5.82 Å². The van der Waals surface area contributed by atoms with E-state index in [1.807, 2.05) is 12.1 Å². The van der Waals surface area contributed by atoms with Gasteiger partial charge in [0.1, 0.15) is 11.5 Å². The van der Waals surface area contributed by atoms with Crippen molar-refractivity contribution in [3.8, 4) is 0 Å². The summed E-state index contributed by atoms with van der Waals surface area (Å²) in [6.07, 6.45) is 3.84. The zero-order chi connectivity index (χ0) is 14.4. The van der Waals surface area contributed by atoms with Crippen LogP contribution in [0.2, 0.25) is 0 Å². The van der Waals surface area contributed by atoms with E-state index in [1.54, 1.807) is 13.2 Å². The standard InChI is InChI=1S/C15H18N4O/c1-11-5-3-4-6-12(11)7-8-18-15(20)13-9-17-10-14(16-2)19-13/h3-6,9-10H,7-8H2,1-2H3,(H,16,19)(H,18,20). The monoisotopic (exact) mass is 270 g/mol. The van der Waals surface area contributed by atoms with Crippen molar-refractivity contribution in [3.63, 3.8) is 0 Å². The maximum atomic E-state index is 11.9. The first-order valence-corrected chi connectivity index (χ1v) is 6.53.